The van der Waals surface area contributed by atoms with Crippen molar-refractivity contribution in [2.24, 2.45) is 0 Å². The number of hydrogen-bond acceptors (Lipinski definition) is 5. The summed E-state index contributed by atoms with van der Waals surface area (Å²) in [4.78, 5) is 14.9. The Hall–Kier alpha value is -3.32. The van der Waals surface area contributed by atoms with Gasteiger partial charge < -0.3 is 14.7 Å². The van der Waals surface area contributed by atoms with Gasteiger partial charge in [0.1, 0.15) is 11.4 Å². The molecule has 2 atom stereocenters. The summed E-state index contributed by atoms with van der Waals surface area (Å²) in [6.07, 6.45) is 0.238. The molecule has 6 nitrogen and oxygen atoms in total. The second kappa shape index (κ2) is 9.14. The Morgan fingerprint density at radius 1 is 1.09 bits per heavy atom. The highest BCUT2D eigenvalue weighted by atomic mass is 19.1. The average molecular weight is 464 g/mol. The van der Waals surface area contributed by atoms with Gasteiger partial charge in [-0.15, -0.1) is 0 Å². The molecule has 0 saturated carbocycles. The fourth-order valence-electron chi connectivity index (χ4n) is 4.57. The van der Waals surface area contributed by atoms with E-state index in [-0.39, 0.29) is 18.3 Å². The number of halogens is 1. The molecule has 2 aromatic carbocycles. The molecular weight excluding hydrogens is 433 g/mol. The van der Waals surface area contributed by atoms with Gasteiger partial charge in [-0.1, -0.05) is 36.4 Å². The van der Waals surface area contributed by atoms with Crippen LogP contribution in [0.15, 0.2) is 60.7 Å². The van der Waals surface area contributed by atoms with Crippen LogP contribution in [0.25, 0.3) is 11.3 Å². The van der Waals surface area contributed by atoms with Crippen molar-refractivity contribution in [1.82, 2.24) is 15.1 Å². The summed E-state index contributed by atoms with van der Waals surface area (Å²) < 4.78 is 19.6. The Bertz CT molecular complexity index is 1140. The number of nitrogens with zero attached hydrogens (tertiary/aromatic N) is 3. The number of ether oxygens (including phenoxy) is 1. The maximum absolute atomic E-state index is 13.5. The molecule has 34 heavy (non-hydrogen) atoms. The lowest BCUT2D eigenvalue weighted by Crippen LogP contribution is -2.51. The third kappa shape index (κ3) is 5.09. The minimum Gasteiger partial charge on any atom is -0.438 e. The van der Waals surface area contributed by atoms with E-state index in [4.69, 9.17) is 4.74 Å². The maximum atomic E-state index is 13.5. The van der Waals surface area contributed by atoms with Gasteiger partial charge in [0.05, 0.1) is 23.0 Å². The number of benzene rings is 2. The lowest BCUT2D eigenvalue weighted by atomic mass is 9.80. The molecule has 7 heteroatoms. The smallest absolute Gasteiger partial charge is 0.411 e. The van der Waals surface area contributed by atoms with Crippen LogP contribution in [0.4, 0.5) is 9.18 Å². The maximum Gasteiger partial charge on any atom is 0.411 e. The van der Waals surface area contributed by atoms with Crippen LogP contribution in [-0.4, -0.2) is 38.4 Å². The molecule has 1 unspecified atom stereocenters. The predicted octanol–water partition coefficient (Wildman–Crippen LogP) is 5.55. The highest BCUT2D eigenvalue weighted by Crippen LogP contribution is 2.42. The van der Waals surface area contributed by atoms with Crippen LogP contribution in [0.2, 0.25) is 0 Å². The number of aryl methyl sites for hydroxylation is 1. The number of amides is 1. The fourth-order valence-corrected chi connectivity index (χ4v) is 4.57. The van der Waals surface area contributed by atoms with Crippen molar-refractivity contribution in [2.45, 2.75) is 57.8 Å². The molecule has 3 aromatic rings. The molecule has 1 aliphatic heterocycles. The van der Waals surface area contributed by atoms with Crippen LogP contribution in [-0.2, 0) is 10.3 Å². The van der Waals surface area contributed by atoms with E-state index >= 15 is 0 Å². The number of hydrogen-bond donors (Lipinski definition) is 1. The van der Waals surface area contributed by atoms with Crippen molar-refractivity contribution in [3.8, 4) is 11.3 Å². The summed E-state index contributed by atoms with van der Waals surface area (Å²) in [6, 6.07) is 17.5. The zero-order valence-electron chi connectivity index (χ0n) is 20.0. The molecule has 1 N–H and O–H groups in total. The summed E-state index contributed by atoms with van der Waals surface area (Å²) in [6.45, 7) is 7.66. The first-order valence-corrected chi connectivity index (χ1v) is 11.5. The highest BCUT2D eigenvalue weighted by Gasteiger charge is 2.46. The average Bonchev–Trinajstić information content (AvgIpc) is 2.79. The Morgan fingerprint density at radius 2 is 1.76 bits per heavy atom. The van der Waals surface area contributed by atoms with Crippen molar-refractivity contribution in [3.05, 3.63) is 83.3 Å². The molecule has 0 bridgehead atoms. The van der Waals surface area contributed by atoms with Crippen LogP contribution >= 0.6 is 0 Å². The first-order chi connectivity index (χ1) is 16.1. The van der Waals surface area contributed by atoms with E-state index in [2.05, 4.69) is 10.2 Å². The van der Waals surface area contributed by atoms with E-state index in [9.17, 15) is 14.3 Å². The van der Waals surface area contributed by atoms with Gasteiger partial charge in [-0.05, 0) is 63.1 Å². The number of aromatic nitrogens is 2. The van der Waals surface area contributed by atoms with Crippen LogP contribution < -0.4 is 0 Å². The van der Waals surface area contributed by atoms with E-state index in [0.29, 0.717) is 18.5 Å². The Balaban J connectivity index is 1.53. The number of cyclic esters (lactones) is 1. The summed E-state index contributed by atoms with van der Waals surface area (Å²) >= 11 is 0. The van der Waals surface area contributed by atoms with Crippen molar-refractivity contribution < 1.29 is 19.0 Å². The van der Waals surface area contributed by atoms with Crippen molar-refractivity contribution in [2.75, 3.05) is 6.54 Å². The Labute approximate surface area is 199 Å². The largest absolute Gasteiger partial charge is 0.438 e. The molecule has 2 heterocycles. The van der Waals surface area contributed by atoms with Crippen LogP contribution in [0.3, 0.4) is 0 Å². The topological polar surface area (TPSA) is 75.6 Å². The summed E-state index contributed by atoms with van der Waals surface area (Å²) in [5.74, 6) is -0.361. The van der Waals surface area contributed by atoms with Gasteiger partial charge in [0, 0.05) is 24.9 Å². The summed E-state index contributed by atoms with van der Waals surface area (Å²) in [5.41, 5.74) is 2.16. The summed E-state index contributed by atoms with van der Waals surface area (Å²) in [5, 5.41) is 18.9. The number of carbonyl (C=O) groups excluding carboxylic acids is 1. The molecule has 1 amide bonds. The van der Waals surface area contributed by atoms with Crippen LogP contribution in [0, 0.1) is 12.7 Å². The van der Waals surface area contributed by atoms with Crippen LogP contribution in [0.1, 0.15) is 56.5 Å². The van der Waals surface area contributed by atoms with Gasteiger partial charge in [-0.2, -0.15) is 10.2 Å². The molecule has 1 saturated heterocycles. The molecule has 4 rings (SSSR count). The van der Waals surface area contributed by atoms with E-state index < -0.39 is 17.3 Å². The predicted molar refractivity (Wildman–Crippen MR) is 127 cm³/mol. The molecule has 178 valence electrons. The first kappa shape index (κ1) is 23.8. The zero-order chi connectivity index (χ0) is 24.5. The van der Waals surface area contributed by atoms with E-state index in [1.165, 1.54) is 12.1 Å². The third-order valence-corrected chi connectivity index (χ3v) is 6.32. The molecule has 1 fully saturated rings. The van der Waals surface area contributed by atoms with Gasteiger partial charge in [-0.3, -0.25) is 0 Å². The van der Waals surface area contributed by atoms with Crippen LogP contribution in [0.5, 0.6) is 0 Å². The third-order valence-electron chi connectivity index (χ3n) is 6.32. The molecule has 1 aliphatic rings. The monoisotopic (exact) mass is 463 g/mol. The van der Waals surface area contributed by atoms with Gasteiger partial charge >= 0.3 is 6.09 Å². The van der Waals surface area contributed by atoms with Gasteiger partial charge in [0.2, 0.25) is 0 Å². The zero-order valence-corrected chi connectivity index (χ0v) is 20.0. The minimum atomic E-state index is -1.07. The van der Waals surface area contributed by atoms with Gasteiger partial charge in [0.25, 0.3) is 0 Å². The van der Waals surface area contributed by atoms with Crippen molar-refractivity contribution >= 4 is 6.09 Å². The SMILES string of the molecule is Cc1ccc(-c2ccc([C@H](C)N3CCC(CC(C)(C)O)(c4ccc(F)cc4)OC3=O)cc2)nn1. The quantitative estimate of drug-likeness (QED) is 0.519. The normalized spacial score (nSPS) is 19.6. The number of aliphatic hydroxyl groups is 1. The lowest BCUT2D eigenvalue weighted by molar-refractivity contribution is -0.101. The second-order valence-electron chi connectivity index (χ2n) is 9.66. The molecule has 0 spiro atoms. The first-order valence-electron chi connectivity index (χ1n) is 11.5. The molecular formula is C27H30FN3O3. The minimum absolute atomic E-state index is 0.209. The lowest BCUT2D eigenvalue weighted by Gasteiger charge is -2.45. The number of rotatable bonds is 6. The van der Waals surface area contributed by atoms with Crippen molar-refractivity contribution in [3.63, 3.8) is 0 Å². The Morgan fingerprint density at radius 3 is 2.32 bits per heavy atom. The second-order valence-corrected chi connectivity index (χ2v) is 9.66. The van der Waals surface area contributed by atoms with E-state index in [0.717, 1.165) is 22.5 Å². The van der Waals surface area contributed by atoms with E-state index in [1.54, 1.807) is 30.9 Å². The van der Waals surface area contributed by atoms with Gasteiger partial charge in [-0.25, -0.2) is 9.18 Å². The Kier molecular flexibility index (Phi) is 6.41. The van der Waals surface area contributed by atoms with E-state index in [1.807, 2.05) is 50.2 Å². The summed E-state index contributed by atoms with van der Waals surface area (Å²) in [7, 11) is 0. The fraction of sp³-hybridized carbons (Fsp3) is 0.370. The molecule has 0 aliphatic carbocycles. The van der Waals surface area contributed by atoms with Crippen molar-refractivity contribution in [1.29, 1.82) is 0 Å². The highest BCUT2D eigenvalue weighted by molar-refractivity contribution is 5.70. The molecule has 1 aromatic heterocycles. The number of carbonyl (C=O) groups is 1. The van der Waals surface area contributed by atoms with Gasteiger partial charge in [0.15, 0.2) is 0 Å². The standard InChI is InChI=1S/C27H30FN3O3/c1-18-5-14-24(30-29-18)21-8-6-20(7-9-21)19(2)31-16-15-27(34-25(31)32,17-26(3,4)33)22-10-12-23(28)13-11-22/h5-14,19,33H,15-17H2,1-4H3/t19-,27?/m0/s1. The molecule has 0 radical (unpaired) electrons.